The third-order valence-electron chi connectivity index (χ3n) is 3.95. The van der Waals surface area contributed by atoms with Gasteiger partial charge in [-0.25, -0.2) is 4.79 Å². The van der Waals surface area contributed by atoms with E-state index in [4.69, 9.17) is 10.5 Å². The van der Waals surface area contributed by atoms with Crippen molar-refractivity contribution in [1.82, 2.24) is 4.90 Å². The Kier molecular flexibility index (Phi) is 5.44. The van der Waals surface area contributed by atoms with Gasteiger partial charge in [0.1, 0.15) is 0 Å². The van der Waals surface area contributed by atoms with Crippen LogP contribution in [0.1, 0.15) is 37.0 Å². The number of hydrogen-bond donors (Lipinski definition) is 2. The predicted octanol–water partition coefficient (Wildman–Crippen LogP) is 2.34. The molecule has 1 aliphatic heterocycles. The molecular formula is C16H25N3O2. The Morgan fingerprint density at radius 3 is 2.81 bits per heavy atom. The number of rotatable bonds is 6. The van der Waals surface area contributed by atoms with Crippen molar-refractivity contribution in [1.29, 1.82) is 0 Å². The summed E-state index contributed by atoms with van der Waals surface area (Å²) in [6.07, 6.45) is 2.57. The van der Waals surface area contributed by atoms with Crippen LogP contribution in [0.2, 0.25) is 0 Å². The number of anilines is 2. The van der Waals surface area contributed by atoms with E-state index < -0.39 is 0 Å². The van der Waals surface area contributed by atoms with Crippen LogP contribution in [0.3, 0.4) is 0 Å². The van der Waals surface area contributed by atoms with Crippen LogP contribution in [-0.2, 0) is 4.74 Å². The standard InChI is InChI=1S/C16H25N3O2/c1-3-21-16(20)13-7-6-8-14(15(13)17)18-11-12(2)19-9-4-5-10-19/h6-8,12,18H,3-5,9-11,17H2,1-2H3. The number of nitrogens with two attached hydrogens (primary N) is 1. The number of benzene rings is 1. The van der Waals surface area contributed by atoms with E-state index in [0.29, 0.717) is 23.9 Å². The first kappa shape index (κ1) is 15.6. The monoisotopic (exact) mass is 291 g/mol. The molecule has 1 atom stereocenters. The molecule has 5 heteroatoms. The molecule has 1 heterocycles. The van der Waals surface area contributed by atoms with Crippen LogP contribution in [0.4, 0.5) is 11.4 Å². The molecular weight excluding hydrogens is 266 g/mol. The van der Waals surface area contributed by atoms with Crippen molar-refractivity contribution in [3.8, 4) is 0 Å². The molecule has 0 amide bonds. The van der Waals surface area contributed by atoms with E-state index in [-0.39, 0.29) is 5.97 Å². The number of nitrogens with one attached hydrogen (secondary N) is 1. The third kappa shape index (κ3) is 3.88. The molecule has 1 fully saturated rings. The molecule has 0 bridgehead atoms. The molecule has 116 valence electrons. The van der Waals surface area contributed by atoms with E-state index in [0.717, 1.165) is 12.2 Å². The number of esters is 1. The van der Waals surface area contributed by atoms with Gasteiger partial charge in [0, 0.05) is 12.6 Å². The average molecular weight is 291 g/mol. The molecule has 3 N–H and O–H groups in total. The van der Waals surface area contributed by atoms with Crippen molar-refractivity contribution >= 4 is 17.3 Å². The smallest absolute Gasteiger partial charge is 0.340 e. The zero-order valence-corrected chi connectivity index (χ0v) is 12.9. The van der Waals surface area contributed by atoms with Crippen molar-refractivity contribution in [3.05, 3.63) is 23.8 Å². The molecule has 1 saturated heterocycles. The lowest BCUT2D eigenvalue weighted by Crippen LogP contribution is -2.35. The summed E-state index contributed by atoms with van der Waals surface area (Å²) in [5.74, 6) is -0.369. The van der Waals surface area contributed by atoms with Crippen molar-refractivity contribution in [2.75, 3.05) is 37.3 Å². The van der Waals surface area contributed by atoms with Crippen LogP contribution in [0.25, 0.3) is 0 Å². The Labute approximate surface area is 126 Å². The van der Waals surface area contributed by atoms with E-state index in [1.807, 2.05) is 12.1 Å². The molecule has 0 spiro atoms. The maximum atomic E-state index is 11.8. The number of nitrogen functional groups attached to an aromatic ring is 1. The normalized spacial score (nSPS) is 16.7. The number of carbonyl (C=O) groups is 1. The van der Waals surface area contributed by atoms with Gasteiger partial charge < -0.3 is 15.8 Å². The van der Waals surface area contributed by atoms with Gasteiger partial charge in [-0.3, -0.25) is 4.90 Å². The quantitative estimate of drug-likeness (QED) is 0.622. The summed E-state index contributed by atoms with van der Waals surface area (Å²) in [4.78, 5) is 14.3. The largest absolute Gasteiger partial charge is 0.462 e. The lowest BCUT2D eigenvalue weighted by atomic mass is 10.1. The van der Waals surface area contributed by atoms with Gasteiger partial charge in [0.05, 0.1) is 23.5 Å². The van der Waals surface area contributed by atoms with Crippen molar-refractivity contribution in [3.63, 3.8) is 0 Å². The summed E-state index contributed by atoms with van der Waals surface area (Å²) in [6.45, 7) is 7.50. The topological polar surface area (TPSA) is 67.6 Å². The molecule has 1 aliphatic rings. The first-order valence-corrected chi connectivity index (χ1v) is 7.67. The number of carbonyl (C=O) groups excluding carboxylic acids is 1. The molecule has 0 aliphatic carbocycles. The lowest BCUT2D eigenvalue weighted by molar-refractivity contribution is 0.0527. The Bertz CT molecular complexity index is 484. The minimum Gasteiger partial charge on any atom is -0.462 e. The van der Waals surface area contributed by atoms with Gasteiger partial charge in [0.2, 0.25) is 0 Å². The van der Waals surface area contributed by atoms with Gasteiger partial charge in [-0.05, 0) is 51.9 Å². The molecule has 2 rings (SSSR count). The lowest BCUT2D eigenvalue weighted by Gasteiger charge is -2.24. The summed E-state index contributed by atoms with van der Waals surface area (Å²) < 4.78 is 5.02. The molecule has 0 aromatic heterocycles. The van der Waals surface area contributed by atoms with Crippen LogP contribution >= 0.6 is 0 Å². The Balaban J connectivity index is 1.99. The molecule has 0 saturated carbocycles. The van der Waals surface area contributed by atoms with E-state index in [1.165, 1.54) is 25.9 Å². The summed E-state index contributed by atoms with van der Waals surface area (Å²) in [5.41, 5.74) is 7.76. The zero-order chi connectivity index (χ0) is 15.2. The highest BCUT2D eigenvalue weighted by molar-refractivity contribution is 5.98. The number of para-hydroxylation sites is 1. The fourth-order valence-corrected chi connectivity index (χ4v) is 2.68. The molecule has 1 unspecified atom stereocenters. The van der Waals surface area contributed by atoms with Crippen LogP contribution in [0, 0.1) is 0 Å². The van der Waals surface area contributed by atoms with Gasteiger partial charge >= 0.3 is 5.97 Å². The first-order valence-electron chi connectivity index (χ1n) is 7.67. The van der Waals surface area contributed by atoms with Crippen molar-refractivity contribution in [2.24, 2.45) is 0 Å². The molecule has 1 aromatic rings. The molecule has 0 radical (unpaired) electrons. The Morgan fingerprint density at radius 2 is 2.14 bits per heavy atom. The van der Waals surface area contributed by atoms with Gasteiger partial charge in [0.15, 0.2) is 0 Å². The summed E-state index contributed by atoms with van der Waals surface area (Å²) in [6, 6.07) is 5.88. The first-order chi connectivity index (χ1) is 10.1. The van der Waals surface area contributed by atoms with Gasteiger partial charge in [-0.15, -0.1) is 0 Å². The fourth-order valence-electron chi connectivity index (χ4n) is 2.68. The number of nitrogens with zero attached hydrogens (tertiary/aromatic N) is 1. The maximum absolute atomic E-state index is 11.8. The minimum atomic E-state index is -0.369. The minimum absolute atomic E-state index is 0.349. The van der Waals surface area contributed by atoms with Crippen LogP contribution in [-0.4, -0.2) is 43.2 Å². The van der Waals surface area contributed by atoms with Crippen LogP contribution < -0.4 is 11.1 Å². The van der Waals surface area contributed by atoms with Crippen molar-refractivity contribution in [2.45, 2.75) is 32.7 Å². The van der Waals surface area contributed by atoms with E-state index in [9.17, 15) is 4.79 Å². The summed E-state index contributed by atoms with van der Waals surface area (Å²) in [5, 5.41) is 3.35. The Hall–Kier alpha value is -1.75. The molecule has 5 nitrogen and oxygen atoms in total. The van der Waals surface area contributed by atoms with E-state index in [2.05, 4.69) is 17.1 Å². The number of ether oxygens (including phenoxy) is 1. The van der Waals surface area contributed by atoms with Crippen LogP contribution in [0.5, 0.6) is 0 Å². The number of hydrogen-bond acceptors (Lipinski definition) is 5. The average Bonchev–Trinajstić information content (AvgIpc) is 3.00. The zero-order valence-electron chi connectivity index (χ0n) is 12.9. The highest BCUT2D eigenvalue weighted by atomic mass is 16.5. The van der Waals surface area contributed by atoms with Gasteiger partial charge in [-0.2, -0.15) is 0 Å². The second-order valence-corrected chi connectivity index (χ2v) is 5.46. The second-order valence-electron chi connectivity index (χ2n) is 5.46. The predicted molar refractivity (Wildman–Crippen MR) is 85.6 cm³/mol. The summed E-state index contributed by atoms with van der Waals surface area (Å²) in [7, 11) is 0. The summed E-state index contributed by atoms with van der Waals surface area (Å²) >= 11 is 0. The SMILES string of the molecule is CCOC(=O)c1cccc(NCC(C)N2CCCC2)c1N. The maximum Gasteiger partial charge on any atom is 0.340 e. The third-order valence-corrected chi connectivity index (χ3v) is 3.95. The second kappa shape index (κ2) is 7.31. The molecule has 1 aromatic carbocycles. The fraction of sp³-hybridized carbons (Fsp3) is 0.562. The van der Waals surface area contributed by atoms with E-state index in [1.54, 1.807) is 13.0 Å². The van der Waals surface area contributed by atoms with E-state index >= 15 is 0 Å². The van der Waals surface area contributed by atoms with Gasteiger partial charge in [0.25, 0.3) is 0 Å². The number of likely N-dealkylation sites (tertiary alicyclic amines) is 1. The van der Waals surface area contributed by atoms with Crippen LogP contribution in [0.15, 0.2) is 18.2 Å². The van der Waals surface area contributed by atoms with Gasteiger partial charge in [-0.1, -0.05) is 6.07 Å². The van der Waals surface area contributed by atoms with Crippen molar-refractivity contribution < 1.29 is 9.53 Å². The highest BCUT2D eigenvalue weighted by Crippen LogP contribution is 2.24. The highest BCUT2D eigenvalue weighted by Gasteiger charge is 2.18. The Morgan fingerprint density at radius 1 is 1.43 bits per heavy atom. The molecule has 21 heavy (non-hydrogen) atoms.